The highest BCUT2D eigenvalue weighted by atomic mass is 15.3. The van der Waals surface area contributed by atoms with Gasteiger partial charge in [0.1, 0.15) is 0 Å². The molecule has 2 aliphatic rings. The van der Waals surface area contributed by atoms with E-state index in [1.165, 1.54) is 45.3 Å². The number of rotatable bonds is 2. The molecular formula is C11H23N3. The summed E-state index contributed by atoms with van der Waals surface area (Å²) >= 11 is 0. The third kappa shape index (κ3) is 2.10. The van der Waals surface area contributed by atoms with E-state index in [-0.39, 0.29) is 0 Å². The van der Waals surface area contributed by atoms with Gasteiger partial charge >= 0.3 is 0 Å². The summed E-state index contributed by atoms with van der Waals surface area (Å²) in [7, 11) is 2.20. The molecule has 1 atom stereocenters. The monoisotopic (exact) mass is 197 g/mol. The van der Waals surface area contributed by atoms with E-state index < -0.39 is 0 Å². The minimum absolute atomic E-state index is 0.663. The van der Waals surface area contributed by atoms with Crippen LogP contribution in [-0.4, -0.2) is 55.1 Å². The van der Waals surface area contributed by atoms with Crippen molar-refractivity contribution in [3.05, 3.63) is 0 Å². The molecule has 1 unspecified atom stereocenters. The van der Waals surface area contributed by atoms with E-state index in [0.29, 0.717) is 6.04 Å². The van der Waals surface area contributed by atoms with Gasteiger partial charge in [0.15, 0.2) is 0 Å². The van der Waals surface area contributed by atoms with Gasteiger partial charge in [-0.2, -0.15) is 0 Å². The molecule has 82 valence electrons. The van der Waals surface area contributed by atoms with Crippen molar-refractivity contribution >= 4 is 0 Å². The maximum absolute atomic E-state index is 5.86. The van der Waals surface area contributed by atoms with Crippen molar-refractivity contribution in [3.8, 4) is 0 Å². The normalized spacial score (nSPS) is 32.6. The molecule has 0 aromatic heterocycles. The van der Waals surface area contributed by atoms with Crippen LogP contribution >= 0.6 is 0 Å². The molecule has 2 aliphatic heterocycles. The van der Waals surface area contributed by atoms with E-state index >= 15 is 0 Å². The lowest BCUT2D eigenvalue weighted by Gasteiger charge is -2.46. The van der Waals surface area contributed by atoms with Crippen LogP contribution in [0.4, 0.5) is 0 Å². The molecule has 0 amide bonds. The average molecular weight is 197 g/mol. The van der Waals surface area contributed by atoms with E-state index in [9.17, 15) is 0 Å². The molecule has 0 radical (unpaired) electrons. The second-order valence-corrected chi connectivity index (χ2v) is 4.85. The lowest BCUT2D eigenvalue weighted by molar-refractivity contribution is 0.0267. The Kier molecular flexibility index (Phi) is 3.42. The number of likely N-dealkylation sites (tertiary alicyclic amines) is 2. The van der Waals surface area contributed by atoms with Crippen molar-refractivity contribution in [2.75, 3.05) is 33.2 Å². The second-order valence-electron chi connectivity index (χ2n) is 4.85. The highest BCUT2D eigenvalue weighted by molar-refractivity contribution is 4.90. The lowest BCUT2D eigenvalue weighted by Crippen LogP contribution is -2.61. The van der Waals surface area contributed by atoms with Crippen LogP contribution in [0.3, 0.4) is 0 Å². The van der Waals surface area contributed by atoms with Crippen LogP contribution in [0.1, 0.15) is 25.7 Å². The van der Waals surface area contributed by atoms with Crippen LogP contribution in [0.25, 0.3) is 0 Å². The largest absolute Gasteiger partial charge is 0.329 e. The van der Waals surface area contributed by atoms with Crippen LogP contribution in [0, 0.1) is 0 Å². The number of nitrogens with two attached hydrogens (primary N) is 1. The Balaban J connectivity index is 1.91. The smallest absolute Gasteiger partial charge is 0.0353 e. The van der Waals surface area contributed by atoms with Gasteiger partial charge in [0.05, 0.1) is 0 Å². The van der Waals surface area contributed by atoms with E-state index in [1.807, 2.05) is 0 Å². The van der Waals surface area contributed by atoms with E-state index in [4.69, 9.17) is 5.73 Å². The standard InChI is InChI=1S/C11H23N3/c1-13-8-11(9-13)14-6-4-2-3-5-10(14)7-12/h10-11H,2-9,12H2,1H3. The summed E-state index contributed by atoms with van der Waals surface area (Å²) in [5.74, 6) is 0. The van der Waals surface area contributed by atoms with Crippen molar-refractivity contribution < 1.29 is 0 Å². The number of nitrogens with zero attached hydrogens (tertiary/aromatic N) is 2. The van der Waals surface area contributed by atoms with Gasteiger partial charge < -0.3 is 10.6 Å². The van der Waals surface area contributed by atoms with Crippen molar-refractivity contribution in [1.29, 1.82) is 0 Å². The molecule has 0 bridgehead atoms. The molecule has 0 spiro atoms. The predicted molar refractivity (Wildman–Crippen MR) is 59.3 cm³/mol. The van der Waals surface area contributed by atoms with E-state index in [2.05, 4.69) is 16.8 Å². The molecule has 2 fully saturated rings. The number of hydrogen-bond acceptors (Lipinski definition) is 3. The molecule has 0 aromatic rings. The van der Waals surface area contributed by atoms with Crippen LogP contribution in [0.5, 0.6) is 0 Å². The Morgan fingerprint density at radius 3 is 2.64 bits per heavy atom. The summed E-state index contributed by atoms with van der Waals surface area (Å²) in [6, 6.07) is 1.46. The van der Waals surface area contributed by atoms with Crippen molar-refractivity contribution in [3.63, 3.8) is 0 Å². The van der Waals surface area contributed by atoms with E-state index in [0.717, 1.165) is 12.6 Å². The highest BCUT2D eigenvalue weighted by Gasteiger charge is 2.33. The van der Waals surface area contributed by atoms with Crippen LogP contribution in [0.2, 0.25) is 0 Å². The van der Waals surface area contributed by atoms with Crippen molar-refractivity contribution in [1.82, 2.24) is 9.80 Å². The van der Waals surface area contributed by atoms with E-state index in [1.54, 1.807) is 0 Å². The molecule has 14 heavy (non-hydrogen) atoms. The lowest BCUT2D eigenvalue weighted by atomic mass is 10.0. The second kappa shape index (κ2) is 4.60. The summed E-state index contributed by atoms with van der Waals surface area (Å²) in [4.78, 5) is 5.07. The molecule has 0 aliphatic carbocycles. The van der Waals surface area contributed by atoms with Gasteiger partial charge in [-0.05, 0) is 26.4 Å². The van der Waals surface area contributed by atoms with Crippen molar-refractivity contribution in [2.24, 2.45) is 5.73 Å². The first-order chi connectivity index (χ1) is 6.81. The fraction of sp³-hybridized carbons (Fsp3) is 1.00. The summed E-state index contributed by atoms with van der Waals surface area (Å²) < 4.78 is 0. The molecule has 3 nitrogen and oxygen atoms in total. The highest BCUT2D eigenvalue weighted by Crippen LogP contribution is 2.22. The Labute approximate surface area is 87.2 Å². The first-order valence-electron chi connectivity index (χ1n) is 5.95. The van der Waals surface area contributed by atoms with Crippen LogP contribution in [0.15, 0.2) is 0 Å². The van der Waals surface area contributed by atoms with Gasteiger partial charge in [0.2, 0.25) is 0 Å². The molecule has 0 saturated carbocycles. The maximum atomic E-state index is 5.86. The Bertz CT molecular complexity index is 177. The van der Waals surface area contributed by atoms with Crippen molar-refractivity contribution in [2.45, 2.75) is 37.8 Å². The first-order valence-corrected chi connectivity index (χ1v) is 5.95. The zero-order valence-electron chi connectivity index (χ0n) is 9.28. The Morgan fingerprint density at radius 1 is 1.21 bits per heavy atom. The van der Waals surface area contributed by atoms with Gasteiger partial charge in [0.25, 0.3) is 0 Å². The number of likely N-dealkylation sites (N-methyl/N-ethyl adjacent to an activating group) is 1. The van der Waals surface area contributed by atoms with Gasteiger partial charge in [-0.25, -0.2) is 0 Å². The summed E-state index contributed by atoms with van der Waals surface area (Å²) in [5.41, 5.74) is 5.86. The molecular weight excluding hydrogens is 174 g/mol. The molecule has 2 rings (SSSR count). The zero-order valence-corrected chi connectivity index (χ0v) is 9.28. The molecule has 2 heterocycles. The zero-order chi connectivity index (χ0) is 9.97. The molecule has 2 saturated heterocycles. The maximum Gasteiger partial charge on any atom is 0.0353 e. The first kappa shape index (κ1) is 10.4. The SMILES string of the molecule is CN1CC(N2CCCCCC2CN)C1. The average Bonchev–Trinajstić information content (AvgIpc) is 2.37. The summed E-state index contributed by atoms with van der Waals surface area (Å²) in [6.45, 7) is 4.62. The van der Waals surface area contributed by atoms with Gasteiger partial charge in [-0.3, -0.25) is 4.90 Å². The fourth-order valence-corrected chi connectivity index (χ4v) is 2.81. The van der Waals surface area contributed by atoms with Crippen LogP contribution < -0.4 is 5.73 Å². The quantitative estimate of drug-likeness (QED) is 0.700. The Hall–Kier alpha value is -0.120. The fourth-order valence-electron chi connectivity index (χ4n) is 2.81. The van der Waals surface area contributed by atoms with Gasteiger partial charge in [0, 0.05) is 31.7 Å². The number of hydrogen-bond donors (Lipinski definition) is 1. The third-order valence-corrected chi connectivity index (χ3v) is 3.71. The summed E-state index contributed by atoms with van der Waals surface area (Å²) in [6.07, 6.45) is 5.46. The Morgan fingerprint density at radius 2 is 2.00 bits per heavy atom. The minimum atomic E-state index is 0.663. The minimum Gasteiger partial charge on any atom is -0.329 e. The molecule has 3 heteroatoms. The molecule has 2 N–H and O–H groups in total. The predicted octanol–water partition coefficient (Wildman–Crippen LogP) is 0.504. The molecule has 0 aromatic carbocycles. The van der Waals surface area contributed by atoms with Gasteiger partial charge in [-0.1, -0.05) is 12.8 Å². The topological polar surface area (TPSA) is 32.5 Å². The van der Waals surface area contributed by atoms with Crippen LogP contribution in [-0.2, 0) is 0 Å². The summed E-state index contributed by atoms with van der Waals surface area (Å²) in [5, 5.41) is 0. The van der Waals surface area contributed by atoms with Gasteiger partial charge in [-0.15, -0.1) is 0 Å². The third-order valence-electron chi connectivity index (χ3n) is 3.71.